The predicted octanol–water partition coefficient (Wildman–Crippen LogP) is 4.89. The average molecular weight is 463 g/mol. The highest BCUT2D eigenvalue weighted by Crippen LogP contribution is 2.44. The first-order valence-electron chi connectivity index (χ1n) is 10.7. The third-order valence-corrected chi connectivity index (χ3v) is 7.15. The summed E-state index contributed by atoms with van der Waals surface area (Å²) in [5.74, 6) is -1.71. The highest BCUT2D eigenvalue weighted by molar-refractivity contribution is 7.98. The van der Waals surface area contributed by atoms with Crippen molar-refractivity contribution in [1.82, 2.24) is 14.9 Å². The SMILES string of the molecule is CSc1ccc(Nc2ncnc(O[C@H]3CC4CCC3N4C(=O)OC3(C)CC3)c2F)c(F)c1. The van der Waals surface area contributed by atoms with Crippen molar-refractivity contribution in [2.75, 3.05) is 11.6 Å². The predicted molar refractivity (Wildman–Crippen MR) is 115 cm³/mol. The fourth-order valence-electron chi connectivity index (χ4n) is 4.40. The van der Waals surface area contributed by atoms with Crippen LogP contribution in [0.2, 0.25) is 0 Å². The first-order valence-corrected chi connectivity index (χ1v) is 11.9. The number of anilines is 2. The quantitative estimate of drug-likeness (QED) is 0.613. The van der Waals surface area contributed by atoms with E-state index in [0.717, 1.165) is 30.6 Å². The van der Waals surface area contributed by atoms with Crippen molar-refractivity contribution in [1.29, 1.82) is 0 Å². The van der Waals surface area contributed by atoms with Crippen molar-refractivity contribution in [3.8, 4) is 5.88 Å². The minimum absolute atomic E-state index is 0.0198. The number of hydrogen-bond donors (Lipinski definition) is 1. The molecular formula is C22H24F2N4O3S. The van der Waals surface area contributed by atoms with Crippen LogP contribution in [0.15, 0.2) is 29.4 Å². The molecule has 3 fully saturated rings. The van der Waals surface area contributed by atoms with Gasteiger partial charge in [0, 0.05) is 17.4 Å². The number of carbonyl (C=O) groups excluding carboxylic acids is 1. The normalized spacial score (nSPS) is 25.0. The van der Waals surface area contributed by atoms with Crippen molar-refractivity contribution in [2.24, 2.45) is 0 Å². The molecule has 1 saturated carbocycles. The van der Waals surface area contributed by atoms with Crippen LogP contribution < -0.4 is 10.1 Å². The summed E-state index contributed by atoms with van der Waals surface area (Å²) in [6, 6.07) is 4.47. The fraction of sp³-hybridized carbons (Fsp3) is 0.500. The Morgan fingerprint density at radius 1 is 1.28 bits per heavy atom. The molecule has 2 aliphatic heterocycles. The summed E-state index contributed by atoms with van der Waals surface area (Å²) in [6.45, 7) is 1.93. The molecule has 32 heavy (non-hydrogen) atoms. The van der Waals surface area contributed by atoms with Crippen molar-refractivity contribution < 1.29 is 23.0 Å². The van der Waals surface area contributed by atoms with E-state index in [1.54, 1.807) is 11.0 Å². The summed E-state index contributed by atoms with van der Waals surface area (Å²) in [4.78, 5) is 23.0. The molecule has 3 aliphatic rings. The summed E-state index contributed by atoms with van der Waals surface area (Å²) < 4.78 is 40.9. The van der Waals surface area contributed by atoms with E-state index in [-0.39, 0.29) is 47.3 Å². The lowest BCUT2D eigenvalue weighted by Gasteiger charge is -2.25. The molecule has 2 unspecified atom stereocenters. The van der Waals surface area contributed by atoms with Gasteiger partial charge in [0.15, 0.2) is 5.82 Å². The molecule has 170 valence electrons. The van der Waals surface area contributed by atoms with Crippen LogP contribution in [0.3, 0.4) is 0 Å². The van der Waals surface area contributed by atoms with Crippen molar-refractivity contribution in [3.05, 3.63) is 36.2 Å². The summed E-state index contributed by atoms with van der Waals surface area (Å²) in [5.41, 5.74) is -0.244. The standard InChI is InChI=1S/C22H24F2N4O3S/c1-22(7-8-22)31-21(29)28-12-3-6-16(28)17(9-12)30-20-18(24)19(25-11-26-20)27-15-5-4-13(32-2)10-14(15)23/h4-5,10-12,16-17H,3,6-9H2,1-2H3,(H,25,26,27)/t12?,16?,17-/m0/s1. The van der Waals surface area contributed by atoms with Gasteiger partial charge in [0.1, 0.15) is 23.8 Å². The molecule has 0 radical (unpaired) electrons. The van der Waals surface area contributed by atoms with Crippen LogP contribution in [0, 0.1) is 11.6 Å². The van der Waals surface area contributed by atoms with Crippen LogP contribution in [0.25, 0.3) is 0 Å². The molecule has 10 heteroatoms. The highest BCUT2D eigenvalue weighted by Gasteiger charge is 2.53. The lowest BCUT2D eigenvalue weighted by Crippen LogP contribution is -2.41. The topological polar surface area (TPSA) is 76.6 Å². The molecule has 3 heterocycles. The van der Waals surface area contributed by atoms with E-state index in [0.29, 0.717) is 6.42 Å². The highest BCUT2D eigenvalue weighted by atomic mass is 32.2. The zero-order chi connectivity index (χ0) is 22.5. The minimum atomic E-state index is -0.803. The number of halogens is 2. The molecule has 2 saturated heterocycles. The van der Waals surface area contributed by atoms with Gasteiger partial charge in [-0.25, -0.2) is 14.2 Å². The average Bonchev–Trinajstić information content (AvgIpc) is 3.20. The molecule has 1 aromatic carbocycles. The second-order valence-electron chi connectivity index (χ2n) is 8.73. The number of nitrogens with one attached hydrogen (secondary N) is 1. The second-order valence-corrected chi connectivity index (χ2v) is 9.61. The van der Waals surface area contributed by atoms with Crippen molar-refractivity contribution in [3.63, 3.8) is 0 Å². The number of amides is 1. The van der Waals surface area contributed by atoms with Gasteiger partial charge in [0.25, 0.3) is 5.88 Å². The Kier molecular flexibility index (Phi) is 5.35. The molecule has 3 atom stereocenters. The third-order valence-electron chi connectivity index (χ3n) is 6.43. The number of hydrogen-bond acceptors (Lipinski definition) is 7. The van der Waals surface area contributed by atoms with Gasteiger partial charge < -0.3 is 14.8 Å². The maximum absolute atomic E-state index is 15.1. The lowest BCUT2D eigenvalue weighted by atomic mass is 9.98. The Balaban J connectivity index is 1.30. The smallest absolute Gasteiger partial charge is 0.410 e. The molecule has 0 spiro atoms. The molecule has 1 aromatic heterocycles. The number of rotatable bonds is 6. The van der Waals surface area contributed by atoms with Crippen LogP contribution >= 0.6 is 11.8 Å². The largest absolute Gasteiger partial charge is 0.470 e. The lowest BCUT2D eigenvalue weighted by molar-refractivity contribution is 0.0480. The molecule has 1 aliphatic carbocycles. The van der Waals surface area contributed by atoms with E-state index in [4.69, 9.17) is 9.47 Å². The Bertz CT molecular complexity index is 1050. The molecule has 1 amide bonds. The van der Waals surface area contributed by atoms with Gasteiger partial charge in [0.2, 0.25) is 5.82 Å². The summed E-state index contributed by atoms with van der Waals surface area (Å²) >= 11 is 1.41. The van der Waals surface area contributed by atoms with Gasteiger partial charge in [-0.15, -0.1) is 11.8 Å². The Hall–Kier alpha value is -2.62. The molecular weight excluding hydrogens is 438 g/mol. The van der Waals surface area contributed by atoms with Crippen molar-refractivity contribution in [2.45, 2.75) is 67.7 Å². The molecule has 5 rings (SSSR count). The van der Waals surface area contributed by atoms with Crippen LogP contribution in [0.4, 0.5) is 25.1 Å². The van der Waals surface area contributed by atoms with Gasteiger partial charge in [0.05, 0.1) is 11.7 Å². The van der Waals surface area contributed by atoms with E-state index in [1.807, 2.05) is 13.2 Å². The van der Waals surface area contributed by atoms with E-state index < -0.39 is 11.6 Å². The van der Waals surface area contributed by atoms with E-state index in [1.165, 1.54) is 30.2 Å². The number of fused-ring (bicyclic) bond motifs is 2. The zero-order valence-corrected chi connectivity index (χ0v) is 18.6. The third kappa shape index (κ3) is 3.96. The molecule has 7 nitrogen and oxygen atoms in total. The number of ether oxygens (including phenoxy) is 2. The summed E-state index contributed by atoms with van der Waals surface area (Å²) in [5, 5.41) is 2.68. The summed E-state index contributed by atoms with van der Waals surface area (Å²) in [6.07, 6.45) is 6.30. The number of nitrogens with zero attached hydrogens (tertiary/aromatic N) is 3. The van der Waals surface area contributed by atoms with Gasteiger partial charge in [-0.3, -0.25) is 4.90 Å². The first kappa shape index (κ1) is 21.2. The summed E-state index contributed by atoms with van der Waals surface area (Å²) in [7, 11) is 0. The van der Waals surface area contributed by atoms with Crippen LogP contribution in [-0.2, 0) is 4.74 Å². The minimum Gasteiger partial charge on any atom is -0.470 e. The van der Waals surface area contributed by atoms with E-state index >= 15 is 4.39 Å². The van der Waals surface area contributed by atoms with Crippen molar-refractivity contribution >= 4 is 29.4 Å². The van der Waals surface area contributed by atoms with Crippen LogP contribution in [0.1, 0.15) is 39.0 Å². The molecule has 2 aromatic rings. The van der Waals surface area contributed by atoms with E-state index in [2.05, 4.69) is 15.3 Å². The maximum Gasteiger partial charge on any atom is 0.410 e. The Morgan fingerprint density at radius 2 is 2.09 bits per heavy atom. The van der Waals surface area contributed by atoms with E-state index in [9.17, 15) is 9.18 Å². The van der Waals surface area contributed by atoms with Crippen LogP contribution in [-0.4, -0.2) is 51.0 Å². The molecule has 1 N–H and O–H groups in total. The number of thioether (sulfide) groups is 1. The van der Waals surface area contributed by atoms with Gasteiger partial charge >= 0.3 is 6.09 Å². The Labute approximate surface area is 188 Å². The fourth-order valence-corrected chi connectivity index (χ4v) is 4.83. The number of aromatic nitrogens is 2. The van der Waals surface area contributed by atoms with Gasteiger partial charge in [-0.1, -0.05) is 0 Å². The molecule has 2 bridgehead atoms. The van der Waals surface area contributed by atoms with Crippen LogP contribution in [0.5, 0.6) is 5.88 Å². The number of carbonyl (C=O) groups is 1. The second kappa shape index (κ2) is 8.06. The maximum atomic E-state index is 15.1. The Morgan fingerprint density at radius 3 is 2.81 bits per heavy atom. The first-order chi connectivity index (χ1) is 15.4. The zero-order valence-electron chi connectivity index (χ0n) is 17.8. The van der Waals surface area contributed by atoms with Gasteiger partial charge in [-0.05, 0) is 57.1 Å². The monoisotopic (exact) mass is 462 g/mol. The number of benzene rings is 1. The van der Waals surface area contributed by atoms with Gasteiger partial charge in [-0.2, -0.15) is 9.37 Å².